The van der Waals surface area contributed by atoms with E-state index in [9.17, 15) is 4.39 Å². The molecule has 0 spiro atoms. The number of nitrogens with zero attached hydrogens (tertiary/aromatic N) is 2. The molecule has 0 amide bonds. The Kier molecular flexibility index (Phi) is 3.77. The van der Waals surface area contributed by atoms with Crippen molar-refractivity contribution in [3.63, 3.8) is 0 Å². The zero-order chi connectivity index (χ0) is 13.3. The highest BCUT2D eigenvalue weighted by Crippen LogP contribution is 2.27. The molecule has 1 atom stereocenters. The van der Waals surface area contributed by atoms with Gasteiger partial charge in [-0.05, 0) is 34.0 Å². The van der Waals surface area contributed by atoms with Crippen LogP contribution in [-0.4, -0.2) is 10.1 Å². The van der Waals surface area contributed by atoms with E-state index in [1.54, 1.807) is 18.2 Å². The third-order valence-electron chi connectivity index (χ3n) is 2.64. The Balaban J connectivity index is 2.38. The molecule has 0 bridgehead atoms. The maximum Gasteiger partial charge on any atom is 0.260 e. The highest BCUT2D eigenvalue weighted by atomic mass is 79.9. The van der Waals surface area contributed by atoms with E-state index < -0.39 is 5.82 Å². The molecule has 2 aromatic rings. The van der Waals surface area contributed by atoms with Crippen molar-refractivity contribution in [2.75, 3.05) is 0 Å². The van der Waals surface area contributed by atoms with Gasteiger partial charge in [-0.1, -0.05) is 25.1 Å². The Hall–Kier alpha value is -1.27. The van der Waals surface area contributed by atoms with Crippen molar-refractivity contribution < 1.29 is 8.91 Å². The lowest BCUT2D eigenvalue weighted by Gasteiger charge is -2.09. The summed E-state index contributed by atoms with van der Waals surface area (Å²) >= 11 is 3.11. The van der Waals surface area contributed by atoms with E-state index in [0.717, 1.165) is 0 Å². The van der Waals surface area contributed by atoms with Crippen molar-refractivity contribution in [1.29, 1.82) is 0 Å². The number of halogens is 2. The molecule has 2 rings (SSSR count). The van der Waals surface area contributed by atoms with Gasteiger partial charge in [-0.15, -0.1) is 0 Å². The molecule has 1 aromatic heterocycles. The molecule has 1 heterocycles. The topological polar surface area (TPSA) is 64.9 Å². The van der Waals surface area contributed by atoms with Crippen molar-refractivity contribution in [1.82, 2.24) is 10.1 Å². The molecule has 0 aliphatic heterocycles. The summed E-state index contributed by atoms with van der Waals surface area (Å²) in [5.74, 6) is 0.285. The van der Waals surface area contributed by atoms with Crippen molar-refractivity contribution in [3.8, 4) is 11.5 Å². The third kappa shape index (κ3) is 2.44. The zero-order valence-corrected chi connectivity index (χ0v) is 11.6. The van der Waals surface area contributed by atoms with Crippen LogP contribution in [0, 0.1) is 11.7 Å². The predicted octanol–water partition coefficient (Wildman–Crippen LogP) is 3.29. The summed E-state index contributed by atoms with van der Waals surface area (Å²) in [5, 5.41) is 3.79. The van der Waals surface area contributed by atoms with Crippen LogP contribution in [0.4, 0.5) is 4.39 Å². The molecular formula is C12H13BrFN3O. The van der Waals surface area contributed by atoms with E-state index in [-0.39, 0.29) is 23.4 Å². The van der Waals surface area contributed by atoms with Gasteiger partial charge in [-0.25, -0.2) is 4.39 Å². The number of nitrogens with two attached hydrogens (primary N) is 1. The second kappa shape index (κ2) is 5.16. The number of hydrogen-bond acceptors (Lipinski definition) is 4. The first-order chi connectivity index (χ1) is 8.50. The third-order valence-corrected chi connectivity index (χ3v) is 3.25. The van der Waals surface area contributed by atoms with Gasteiger partial charge in [-0.2, -0.15) is 4.98 Å². The van der Waals surface area contributed by atoms with Crippen LogP contribution < -0.4 is 5.73 Å². The SMILES string of the molecule is CC(C)C(N)c1noc(-c2cccc(Br)c2F)n1. The number of hydrogen-bond donors (Lipinski definition) is 1. The van der Waals surface area contributed by atoms with Gasteiger partial charge in [0.15, 0.2) is 5.82 Å². The van der Waals surface area contributed by atoms with Crippen LogP contribution in [0.2, 0.25) is 0 Å². The smallest absolute Gasteiger partial charge is 0.260 e. The number of rotatable bonds is 3. The fourth-order valence-corrected chi connectivity index (χ4v) is 1.81. The molecule has 1 aromatic carbocycles. The van der Waals surface area contributed by atoms with E-state index >= 15 is 0 Å². The average Bonchev–Trinajstić information content (AvgIpc) is 2.80. The van der Waals surface area contributed by atoms with Gasteiger partial charge in [0.25, 0.3) is 5.89 Å². The van der Waals surface area contributed by atoms with Crippen molar-refractivity contribution >= 4 is 15.9 Å². The van der Waals surface area contributed by atoms with E-state index in [1.807, 2.05) is 13.8 Å². The van der Waals surface area contributed by atoms with Crippen LogP contribution in [0.3, 0.4) is 0 Å². The van der Waals surface area contributed by atoms with Crippen LogP contribution in [0.5, 0.6) is 0 Å². The molecule has 0 saturated heterocycles. The quantitative estimate of drug-likeness (QED) is 0.944. The minimum Gasteiger partial charge on any atom is -0.334 e. The van der Waals surface area contributed by atoms with E-state index in [4.69, 9.17) is 10.3 Å². The molecule has 96 valence electrons. The first-order valence-corrected chi connectivity index (χ1v) is 6.33. The molecule has 0 saturated carbocycles. The van der Waals surface area contributed by atoms with Gasteiger partial charge in [0.1, 0.15) is 5.82 Å². The van der Waals surface area contributed by atoms with Crippen LogP contribution in [-0.2, 0) is 0 Å². The van der Waals surface area contributed by atoms with E-state index in [0.29, 0.717) is 10.3 Å². The van der Waals surface area contributed by atoms with Gasteiger partial charge in [0, 0.05) is 0 Å². The van der Waals surface area contributed by atoms with Gasteiger partial charge in [0.05, 0.1) is 16.1 Å². The lowest BCUT2D eigenvalue weighted by atomic mass is 10.1. The van der Waals surface area contributed by atoms with Crippen molar-refractivity contribution in [3.05, 3.63) is 34.3 Å². The van der Waals surface area contributed by atoms with Crippen LogP contribution >= 0.6 is 15.9 Å². The van der Waals surface area contributed by atoms with Gasteiger partial charge < -0.3 is 10.3 Å². The summed E-state index contributed by atoms with van der Waals surface area (Å²) in [6, 6.07) is 4.57. The van der Waals surface area contributed by atoms with E-state index in [1.165, 1.54) is 0 Å². The van der Waals surface area contributed by atoms with Gasteiger partial charge in [0.2, 0.25) is 0 Å². The second-order valence-electron chi connectivity index (χ2n) is 4.33. The second-order valence-corrected chi connectivity index (χ2v) is 5.18. The van der Waals surface area contributed by atoms with Crippen LogP contribution in [0.1, 0.15) is 25.7 Å². The molecule has 0 aliphatic rings. The van der Waals surface area contributed by atoms with Crippen LogP contribution in [0.25, 0.3) is 11.5 Å². The molecule has 2 N–H and O–H groups in total. The first kappa shape index (κ1) is 13.2. The Labute approximate surface area is 113 Å². The van der Waals surface area contributed by atoms with Crippen molar-refractivity contribution in [2.45, 2.75) is 19.9 Å². The molecule has 18 heavy (non-hydrogen) atoms. The fourth-order valence-electron chi connectivity index (χ4n) is 1.45. The van der Waals surface area contributed by atoms with Crippen LogP contribution in [0.15, 0.2) is 27.2 Å². The molecule has 0 radical (unpaired) electrons. The maximum atomic E-state index is 13.9. The number of benzene rings is 1. The zero-order valence-electron chi connectivity index (χ0n) is 10.0. The first-order valence-electron chi connectivity index (χ1n) is 5.54. The summed E-state index contributed by atoms with van der Waals surface area (Å²) in [5.41, 5.74) is 6.17. The molecular weight excluding hydrogens is 301 g/mol. The molecule has 0 fully saturated rings. The lowest BCUT2D eigenvalue weighted by molar-refractivity contribution is 0.398. The van der Waals surface area contributed by atoms with Gasteiger partial charge >= 0.3 is 0 Å². The summed E-state index contributed by atoms with van der Waals surface area (Å²) < 4.78 is 19.3. The average molecular weight is 314 g/mol. The normalized spacial score (nSPS) is 13.0. The minimum absolute atomic E-state index is 0.139. The fraction of sp³-hybridized carbons (Fsp3) is 0.333. The van der Waals surface area contributed by atoms with E-state index in [2.05, 4.69) is 26.1 Å². The molecule has 6 heteroatoms. The Morgan fingerprint density at radius 2 is 2.11 bits per heavy atom. The highest BCUT2D eigenvalue weighted by molar-refractivity contribution is 9.10. The maximum absolute atomic E-state index is 13.9. The standard InChI is InChI=1S/C12H13BrFN3O/c1-6(2)10(15)11-16-12(18-17-11)7-4-3-5-8(13)9(7)14/h3-6,10H,15H2,1-2H3. The Morgan fingerprint density at radius 3 is 2.78 bits per heavy atom. The predicted molar refractivity (Wildman–Crippen MR) is 69.2 cm³/mol. The Morgan fingerprint density at radius 1 is 1.39 bits per heavy atom. The summed E-state index contributed by atoms with van der Waals surface area (Å²) in [7, 11) is 0. The molecule has 1 unspecified atom stereocenters. The summed E-state index contributed by atoms with van der Waals surface area (Å²) in [6.07, 6.45) is 0. The largest absolute Gasteiger partial charge is 0.334 e. The van der Waals surface area contributed by atoms with Gasteiger partial charge in [-0.3, -0.25) is 0 Å². The molecule has 0 aliphatic carbocycles. The number of aromatic nitrogens is 2. The molecule has 4 nitrogen and oxygen atoms in total. The Bertz CT molecular complexity index is 556. The van der Waals surface area contributed by atoms with Crippen molar-refractivity contribution in [2.24, 2.45) is 11.7 Å². The summed E-state index contributed by atoms with van der Waals surface area (Å²) in [4.78, 5) is 4.14. The summed E-state index contributed by atoms with van der Waals surface area (Å²) in [6.45, 7) is 3.92. The lowest BCUT2D eigenvalue weighted by Crippen LogP contribution is -2.18. The minimum atomic E-state index is -0.425. The monoisotopic (exact) mass is 313 g/mol. The highest BCUT2D eigenvalue weighted by Gasteiger charge is 2.20.